The van der Waals surface area contributed by atoms with Crippen LogP contribution in [0.4, 0.5) is 5.69 Å². The van der Waals surface area contributed by atoms with E-state index in [2.05, 4.69) is 15.3 Å². The number of aromatic nitrogens is 2. The van der Waals surface area contributed by atoms with E-state index in [0.717, 1.165) is 16.6 Å². The molecule has 0 saturated carbocycles. The molecular formula is C15H12ClN3O. The molecule has 0 saturated heterocycles. The van der Waals surface area contributed by atoms with Gasteiger partial charge in [-0.1, -0.05) is 23.7 Å². The van der Waals surface area contributed by atoms with E-state index in [1.807, 2.05) is 25.1 Å². The SMILES string of the molecule is Cc1ccc2[nH]c(C(=O)Nc3cccc(Cl)c3)nc2c1. The molecular weight excluding hydrogens is 274 g/mol. The number of aryl methyl sites for hydroxylation is 1. The highest BCUT2D eigenvalue weighted by Crippen LogP contribution is 2.17. The predicted octanol–water partition coefficient (Wildman–Crippen LogP) is 3.78. The molecule has 0 bridgehead atoms. The molecule has 100 valence electrons. The first kappa shape index (κ1) is 12.7. The molecule has 5 heteroatoms. The van der Waals surface area contributed by atoms with Crippen molar-refractivity contribution in [2.75, 3.05) is 5.32 Å². The summed E-state index contributed by atoms with van der Waals surface area (Å²) in [7, 11) is 0. The fourth-order valence-corrected chi connectivity index (χ4v) is 2.17. The van der Waals surface area contributed by atoms with Gasteiger partial charge in [-0.15, -0.1) is 0 Å². The van der Waals surface area contributed by atoms with E-state index in [0.29, 0.717) is 10.7 Å². The van der Waals surface area contributed by atoms with E-state index >= 15 is 0 Å². The summed E-state index contributed by atoms with van der Waals surface area (Å²) in [6.45, 7) is 1.99. The quantitative estimate of drug-likeness (QED) is 0.753. The van der Waals surface area contributed by atoms with E-state index < -0.39 is 0 Å². The number of nitrogens with one attached hydrogen (secondary N) is 2. The number of carbonyl (C=O) groups excluding carboxylic acids is 1. The summed E-state index contributed by atoms with van der Waals surface area (Å²) in [4.78, 5) is 19.4. The number of hydrogen-bond acceptors (Lipinski definition) is 2. The molecule has 0 radical (unpaired) electrons. The minimum absolute atomic E-state index is 0.283. The number of hydrogen-bond donors (Lipinski definition) is 2. The topological polar surface area (TPSA) is 57.8 Å². The first-order chi connectivity index (χ1) is 9.61. The number of imidazole rings is 1. The monoisotopic (exact) mass is 285 g/mol. The molecule has 0 aliphatic carbocycles. The van der Waals surface area contributed by atoms with Crippen LogP contribution in [0, 0.1) is 6.92 Å². The fourth-order valence-electron chi connectivity index (χ4n) is 1.98. The van der Waals surface area contributed by atoms with Crippen molar-refractivity contribution >= 4 is 34.2 Å². The summed E-state index contributed by atoms with van der Waals surface area (Å²) in [5.74, 6) is -0.00769. The summed E-state index contributed by atoms with van der Waals surface area (Å²) in [6, 6.07) is 12.8. The molecule has 0 aliphatic rings. The molecule has 0 spiro atoms. The van der Waals surface area contributed by atoms with E-state index in [9.17, 15) is 4.79 Å². The van der Waals surface area contributed by atoms with Crippen LogP contribution in [-0.2, 0) is 0 Å². The number of amides is 1. The molecule has 3 rings (SSSR count). The van der Waals surface area contributed by atoms with Gasteiger partial charge in [0.25, 0.3) is 5.91 Å². The molecule has 4 nitrogen and oxygen atoms in total. The minimum atomic E-state index is -0.291. The van der Waals surface area contributed by atoms with Crippen LogP contribution in [0.5, 0.6) is 0 Å². The Kier molecular flexibility index (Phi) is 3.16. The molecule has 0 fully saturated rings. The third-order valence-electron chi connectivity index (χ3n) is 2.94. The molecule has 0 unspecified atom stereocenters. The Hall–Kier alpha value is -2.33. The lowest BCUT2D eigenvalue weighted by Crippen LogP contribution is -2.13. The van der Waals surface area contributed by atoms with Gasteiger partial charge in [0.2, 0.25) is 0 Å². The summed E-state index contributed by atoms with van der Waals surface area (Å²) >= 11 is 5.88. The van der Waals surface area contributed by atoms with Gasteiger partial charge in [0.05, 0.1) is 11.0 Å². The number of anilines is 1. The van der Waals surface area contributed by atoms with Crippen LogP contribution in [0.1, 0.15) is 16.2 Å². The molecule has 0 atom stereocenters. The summed E-state index contributed by atoms with van der Waals surface area (Å²) in [5, 5.41) is 3.33. The Bertz CT molecular complexity index is 795. The molecule has 20 heavy (non-hydrogen) atoms. The maximum absolute atomic E-state index is 12.1. The standard InChI is InChI=1S/C15H12ClN3O/c1-9-5-6-12-13(7-9)19-14(18-12)15(20)17-11-4-2-3-10(16)8-11/h2-8H,1H3,(H,17,20)(H,18,19). The first-order valence-corrected chi connectivity index (χ1v) is 6.53. The average Bonchev–Trinajstić information content (AvgIpc) is 2.81. The van der Waals surface area contributed by atoms with E-state index in [1.54, 1.807) is 24.3 Å². The largest absolute Gasteiger partial charge is 0.334 e. The van der Waals surface area contributed by atoms with Gasteiger partial charge in [0.15, 0.2) is 5.82 Å². The lowest BCUT2D eigenvalue weighted by atomic mass is 10.2. The van der Waals surface area contributed by atoms with Gasteiger partial charge in [-0.05, 0) is 42.8 Å². The van der Waals surface area contributed by atoms with Crippen molar-refractivity contribution in [3.63, 3.8) is 0 Å². The zero-order valence-corrected chi connectivity index (χ0v) is 11.5. The highest BCUT2D eigenvalue weighted by atomic mass is 35.5. The predicted molar refractivity (Wildman–Crippen MR) is 80.2 cm³/mol. The molecule has 1 heterocycles. The van der Waals surface area contributed by atoms with Gasteiger partial charge in [-0.3, -0.25) is 4.79 Å². The van der Waals surface area contributed by atoms with Crippen LogP contribution in [0.15, 0.2) is 42.5 Å². The Balaban J connectivity index is 1.88. The van der Waals surface area contributed by atoms with Crippen molar-refractivity contribution in [1.82, 2.24) is 9.97 Å². The van der Waals surface area contributed by atoms with Gasteiger partial charge < -0.3 is 10.3 Å². The minimum Gasteiger partial charge on any atom is -0.334 e. The van der Waals surface area contributed by atoms with E-state index in [1.165, 1.54) is 0 Å². The Labute approximate surface area is 120 Å². The van der Waals surface area contributed by atoms with Crippen LogP contribution in [0.3, 0.4) is 0 Å². The van der Waals surface area contributed by atoms with Crippen molar-refractivity contribution in [3.8, 4) is 0 Å². The van der Waals surface area contributed by atoms with Gasteiger partial charge in [0.1, 0.15) is 0 Å². The van der Waals surface area contributed by atoms with Crippen LogP contribution in [-0.4, -0.2) is 15.9 Å². The highest BCUT2D eigenvalue weighted by molar-refractivity contribution is 6.30. The van der Waals surface area contributed by atoms with Crippen molar-refractivity contribution in [2.24, 2.45) is 0 Å². The lowest BCUT2D eigenvalue weighted by Gasteiger charge is -2.02. The Morgan fingerprint density at radius 2 is 2.10 bits per heavy atom. The zero-order valence-electron chi connectivity index (χ0n) is 10.8. The highest BCUT2D eigenvalue weighted by Gasteiger charge is 2.11. The van der Waals surface area contributed by atoms with Gasteiger partial charge >= 0.3 is 0 Å². The number of halogens is 1. The van der Waals surface area contributed by atoms with Gasteiger partial charge in [0, 0.05) is 10.7 Å². The normalized spacial score (nSPS) is 10.7. The lowest BCUT2D eigenvalue weighted by molar-refractivity contribution is 0.101. The van der Waals surface area contributed by atoms with Crippen molar-refractivity contribution in [1.29, 1.82) is 0 Å². The van der Waals surface area contributed by atoms with Crippen molar-refractivity contribution in [3.05, 3.63) is 58.9 Å². The van der Waals surface area contributed by atoms with Crippen LogP contribution >= 0.6 is 11.6 Å². The summed E-state index contributed by atoms with van der Waals surface area (Å²) < 4.78 is 0. The smallest absolute Gasteiger partial charge is 0.291 e. The number of benzene rings is 2. The fraction of sp³-hybridized carbons (Fsp3) is 0.0667. The number of carbonyl (C=O) groups is 1. The van der Waals surface area contributed by atoms with E-state index in [4.69, 9.17) is 11.6 Å². The molecule has 2 aromatic carbocycles. The van der Waals surface area contributed by atoms with E-state index in [-0.39, 0.29) is 11.7 Å². The molecule has 1 aromatic heterocycles. The Morgan fingerprint density at radius 1 is 1.25 bits per heavy atom. The third-order valence-corrected chi connectivity index (χ3v) is 3.17. The maximum atomic E-state index is 12.1. The van der Waals surface area contributed by atoms with Crippen LogP contribution < -0.4 is 5.32 Å². The number of H-pyrrole nitrogens is 1. The molecule has 1 amide bonds. The molecule has 3 aromatic rings. The van der Waals surface area contributed by atoms with Gasteiger partial charge in [-0.25, -0.2) is 4.98 Å². The summed E-state index contributed by atoms with van der Waals surface area (Å²) in [5.41, 5.74) is 3.36. The van der Waals surface area contributed by atoms with Gasteiger partial charge in [-0.2, -0.15) is 0 Å². The second-order valence-corrected chi connectivity index (χ2v) is 5.01. The third kappa shape index (κ3) is 2.51. The second-order valence-electron chi connectivity index (χ2n) is 4.57. The first-order valence-electron chi connectivity index (χ1n) is 6.15. The number of rotatable bonds is 2. The van der Waals surface area contributed by atoms with Crippen molar-refractivity contribution < 1.29 is 4.79 Å². The zero-order chi connectivity index (χ0) is 14.1. The summed E-state index contributed by atoms with van der Waals surface area (Å²) in [6.07, 6.45) is 0. The second kappa shape index (κ2) is 4.98. The number of nitrogens with zero attached hydrogens (tertiary/aromatic N) is 1. The van der Waals surface area contributed by atoms with Crippen LogP contribution in [0.25, 0.3) is 11.0 Å². The Morgan fingerprint density at radius 3 is 2.90 bits per heavy atom. The average molecular weight is 286 g/mol. The molecule has 0 aliphatic heterocycles. The number of aromatic amines is 1. The maximum Gasteiger partial charge on any atom is 0.291 e. The van der Waals surface area contributed by atoms with Crippen molar-refractivity contribution in [2.45, 2.75) is 6.92 Å². The molecule has 2 N–H and O–H groups in total. The number of fused-ring (bicyclic) bond motifs is 1. The van der Waals surface area contributed by atoms with Crippen LogP contribution in [0.2, 0.25) is 5.02 Å².